The van der Waals surface area contributed by atoms with Crippen LogP contribution in [0.5, 0.6) is 0 Å². The number of hydrogen-bond acceptors (Lipinski definition) is 0. The number of hydrogen-bond donors (Lipinski definition) is 0. The monoisotopic (exact) mass is 572 g/mol. The standard InChI is InChI=1S/C29H40P2.C5H6.Fe/c1-21-15-10-12-18-25(21)30(26-19-13-11-16-22(26)2)23(3)24-17-14-20-27(24)31(28(4,5)6)29(7,8)9;1-2-4-5-3-1;/h10-20,23-24H,1-9H3;1-4H,5H2;/t23-,24?;;/m0../s1. The van der Waals surface area contributed by atoms with Crippen LogP contribution < -0.4 is 10.6 Å². The van der Waals surface area contributed by atoms with Gasteiger partial charge in [-0.2, -0.15) is 0 Å². The van der Waals surface area contributed by atoms with Crippen molar-refractivity contribution in [2.75, 3.05) is 0 Å². The van der Waals surface area contributed by atoms with Crippen molar-refractivity contribution in [1.82, 2.24) is 0 Å². The Morgan fingerprint density at radius 1 is 0.730 bits per heavy atom. The van der Waals surface area contributed by atoms with Crippen molar-refractivity contribution < 1.29 is 17.1 Å². The molecule has 0 aromatic heterocycles. The summed E-state index contributed by atoms with van der Waals surface area (Å²) in [4.78, 5) is 0. The maximum absolute atomic E-state index is 2.51. The first-order chi connectivity index (χ1) is 16.9. The summed E-state index contributed by atoms with van der Waals surface area (Å²) in [6.45, 7) is 21.7. The van der Waals surface area contributed by atoms with Crippen LogP contribution in [0.25, 0.3) is 0 Å². The summed E-state index contributed by atoms with van der Waals surface area (Å²) < 4.78 is 0. The van der Waals surface area contributed by atoms with E-state index in [1.807, 2.05) is 0 Å². The number of benzene rings is 2. The van der Waals surface area contributed by atoms with Crippen LogP contribution in [0.2, 0.25) is 0 Å². The second-order valence-electron chi connectivity index (χ2n) is 12.0. The van der Waals surface area contributed by atoms with E-state index in [9.17, 15) is 0 Å². The molecule has 2 aromatic rings. The molecule has 0 saturated carbocycles. The molecule has 37 heavy (non-hydrogen) atoms. The Hall–Kier alpha value is -1.22. The fourth-order valence-electron chi connectivity index (χ4n) is 5.69. The van der Waals surface area contributed by atoms with Gasteiger partial charge in [0.2, 0.25) is 0 Å². The fraction of sp³-hybridized carbons (Fsp3) is 0.412. The predicted octanol–water partition coefficient (Wildman–Crippen LogP) is 9.77. The molecule has 200 valence electrons. The summed E-state index contributed by atoms with van der Waals surface area (Å²) in [5, 5.41) is 5.34. The van der Waals surface area contributed by atoms with Crippen LogP contribution in [0.15, 0.2) is 96.4 Å². The Morgan fingerprint density at radius 3 is 1.57 bits per heavy atom. The van der Waals surface area contributed by atoms with Crippen molar-refractivity contribution in [3.63, 3.8) is 0 Å². The molecule has 0 aliphatic heterocycles. The quantitative estimate of drug-likeness (QED) is 0.247. The normalized spacial score (nSPS) is 17.5. The van der Waals surface area contributed by atoms with Gasteiger partial charge in [-0.25, -0.2) is 0 Å². The largest absolute Gasteiger partial charge is 0.0808 e. The topological polar surface area (TPSA) is 0 Å². The molecule has 0 spiro atoms. The maximum Gasteiger partial charge on any atom is 0.00968 e. The second kappa shape index (κ2) is 13.7. The molecule has 0 amide bonds. The first-order valence-corrected chi connectivity index (χ1v) is 16.1. The Kier molecular flexibility index (Phi) is 11.9. The summed E-state index contributed by atoms with van der Waals surface area (Å²) in [6.07, 6.45) is 16.8. The molecular formula is C34H46FeP2. The zero-order chi connectivity index (χ0) is 26.5. The van der Waals surface area contributed by atoms with E-state index in [0.717, 1.165) is 6.42 Å². The van der Waals surface area contributed by atoms with Gasteiger partial charge in [0, 0.05) is 23.0 Å². The van der Waals surface area contributed by atoms with Crippen molar-refractivity contribution in [3.05, 3.63) is 108 Å². The molecule has 0 radical (unpaired) electrons. The van der Waals surface area contributed by atoms with Gasteiger partial charge in [0.05, 0.1) is 0 Å². The third-order valence-electron chi connectivity index (χ3n) is 6.86. The van der Waals surface area contributed by atoms with Gasteiger partial charge >= 0.3 is 0 Å². The molecular weight excluding hydrogens is 526 g/mol. The summed E-state index contributed by atoms with van der Waals surface area (Å²) in [6, 6.07) is 18.1. The Morgan fingerprint density at radius 2 is 1.19 bits per heavy atom. The minimum absolute atomic E-state index is 0. The third-order valence-corrected chi connectivity index (χ3v) is 13.7. The van der Waals surface area contributed by atoms with Crippen molar-refractivity contribution in [1.29, 1.82) is 0 Å². The van der Waals surface area contributed by atoms with E-state index in [-0.39, 0.29) is 35.3 Å². The van der Waals surface area contributed by atoms with Gasteiger partial charge in [-0.3, -0.25) is 0 Å². The van der Waals surface area contributed by atoms with Crippen molar-refractivity contribution in [2.45, 2.75) is 84.7 Å². The molecule has 0 heterocycles. The fourth-order valence-corrected chi connectivity index (χ4v) is 13.3. The number of aryl methyl sites for hydroxylation is 2. The summed E-state index contributed by atoms with van der Waals surface area (Å²) in [7, 11) is -0.754. The smallest absolute Gasteiger partial charge is 0.00968 e. The van der Waals surface area contributed by atoms with E-state index < -0.39 is 7.92 Å². The van der Waals surface area contributed by atoms with Crippen molar-refractivity contribution in [2.24, 2.45) is 5.92 Å². The Bertz CT molecular complexity index is 1070. The van der Waals surface area contributed by atoms with E-state index in [4.69, 9.17) is 0 Å². The van der Waals surface area contributed by atoms with Gasteiger partial charge in [0.15, 0.2) is 0 Å². The van der Waals surface area contributed by atoms with E-state index in [2.05, 4.69) is 153 Å². The molecule has 0 N–H and O–H groups in total. The van der Waals surface area contributed by atoms with Gasteiger partial charge in [-0.15, -0.1) is 0 Å². The molecule has 2 atom stereocenters. The van der Waals surface area contributed by atoms with E-state index in [1.54, 1.807) is 5.31 Å². The van der Waals surface area contributed by atoms with E-state index in [0.29, 0.717) is 11.6 Å². The molecule has 3 heteroatoms. The first kappa shape index (κ1) is 32.0. The number of rotatable bonds is 5. The molecule has 0 nitrogen and oxygen atoms in total. The SMILES string of the molecule is C1=CCC=C1.Cc1ccccc1P(c1ccccc1C)[C@@H](C)C1C=CC=C1P(C(C)(C)C)C(C)(C)C.[Fe]. The maximum atomic E-state index is 2.51. The summed E-state index contributed by atoms with van der Waals surface area (Å²) >= 11 is 0. The van der Waals surface area contributed by atoms with Gasteiger partial charge in [0.1, 0.15) is 0 Å². The van der Waals surface area contributed by atoms with Crippen LogP contribution in [0.3, 0.4) is 0 Å². The Labute approximate surface area is 240 Å². The minimum Gasteiger partial charge on any atom is -0.0808 e. The third kappa shape index (κ3) is 8.13. The second-order valence-corrected chi connectivity index (χ2v) is 18.3. The van der Waals surface area contributed by atoms with Crippen molar-refractivity contribution in [3.8, 4) is 0 Å². The van der Waals surface area contributed by atoms with Crippen LogP contribution >= 0.6 is 15.8 Å². The average Bonchev–Trinajstić information content (AvgIpc) is 3.50. The molecule has 1 unspecified atom stereocenters. The van der Waals surface area contributed by atoms with Crippen molar-refractivity contribution >= 4 is 26.5 Å². The molecule has 2 aliphatic carbocycles. The summed E-state index contributed by atoms with van der Waals surface area (Å²) in [5.41, 5.74) is 3.40. The van der Waals surface area contributed by atoms with Crippen LogP contribution in [-0.4, -0.2) is 16.0 Å². The molecule has 0 bridgehead atoms. The Balaban J connectivity index is 0.000000716. The summed E-state index contributed by atoms with van der Waals surface area (Å²) in [5.74, 6) is 0.509. The van der Waals surface area contributed by atoms with Gasteiger partial charge in [-0.05, 0) is 71.2 Å². The zero-order valence-electron chi connectivity index (χ0n) is 24.3. The van der Waals surface area contributed by atoms with Gasteiger partial charge in [0.25, 0.3) is 0 Å². The number of allylic oxidation sites excluding steroid dienone is 8. The first-order valence-electron chi connectivity index (χ1n) is 13.3. The van der Waals surface area contributed by atoms with Crippen LogP contribution in [-0.2, 0) is 17.1 Å². The van der Waals surface area contributed by atoms with Gasteiger partial charge < -0.3 is 0 Å². The predicted molar refractivity (Wildman–Crippen MR) is 168 cm³/mol. The molecule has 2 aliphatic rings. The molecule has 0 fully saturated rings. The van der Waals surface area contributed by atoms with Crippen LogP contribution in [0, 0.1) is 19.8 Å². The molecule has 4 rings (SSSR count). The van der Waals surface area contributed by atoms with E-state index >= 15 is 0 Å². The average molecular weight is 573 g/mol. The molecule has 0 saturated heterocycles. The van der Waals surface area contributed by atoms with Gasteiger partial charge in [-0.1, -0.05) is 147 Å². The van der Waals surface area contributed by atoms with E-state index in [1.165, 1.54) is 21.7 Å². The zero-order valence-corrected chi connectivity index (χ0v) is 27.2. The van der Waals surface area contributed by atoms with Crippen LogP contribution in [0.1, 0.15) is 66.0 Å². The van der Waals surface area contributed by atoms with Crippen LogP contribution in [0.4, 0.5) is 0 Å². The minimum atomic E-state index is -0.470. The molecule has 2 aromatic carbocycles.